The van der Waals surface area contributed by atoms with Crippen LogP contribution in [0.4, 0.5) is 8.78 Å². The van der Waals surface area contributed by atoms with E-state index in [2.05, 4.69) is 19.4 Å². The number of nitrogens with zero attached hydrogens (tertiary/aromatic N) is 5. The molecule has 2 heterocycles. The van der Waals surface area contributed by atoms with Crippen molar-refractivity contribution in [3.63, 3.8) is 0 Å². The summed E-state index contributed by atoms with van der Waals surface area (Å²) in [4.78, 5) is 8.33. The minimum Gasteiger partial charge on any atom is -0.486 e. The van der Waals surface area contributed by atoms with Crippen LogP contribution < -0.4 is 4.74 Å². The first-order valence-electron chi connectivity index (χ1n) is 9.61. The average molecular weight is 476 g/mol. The molecule has 166 valence electrons. The Kier molecular flexibility index (Phi) is 6.77. The molecule has 0 saturated heterocycles. The lowest BCUT2D eigenvalue weighted by molar-refractivity contribution is 0.0133. The molecular weight excluding hydrogens is 456 g/mol. The highest BCUT2D eigenvalue weighted by Gasteiger charge is 2.40. The van der Waals surface area contributed by atoms with Crippen LogP contribution in [0.1, 0.15) is 18.3 Å². The lowest BCUT2D eigenvalue weighted by Crippen LogP contribution is -2.41. The molecule has 0 radical (unpaired) electrons. The minimum atomic E-state index is -1.72. The van der Waals surface area contributed by atoms with Crippen LogP contribution in [0.2, 0.25) is 0 Å². The average Bonchev–Trinajstić information content (AvgIpc) is 3.45. The molecule has 7 nitrogen and oxygen atoms in total. The van der Waals surface area contributed by atoms with Gasteiger partial charge in [0, 0.05) is 16.9 Å². The molecule has 0 bridgehead atoms. The first-order valence-corrected chi connectivity index (χ1v) is 11.3. The minimum absolute atomic E-state index is 0.0356. The number of aromatic nitrogens is 5. The normalized spacial score (nSPS) is 14.1. The van der Waals surface area contributed by atoms with Crippen LogP contribution in [0.25, 0.3) is 0 Å². The maximum absolute atomic E-state index is 14.6. The molecular formula is C21H19F2N5O2S2. The van der Waals surface area contributed by atoms with E-state index in [1.165, 1.54) is 35.2 Å². The van der Waals surface area contributed by atoms with Crippen LogP contribution in [0.3, 0.4) is 0 Å². The maximum atomic E-state index is 14.6. The molecule has 2 unspecified atom stereocenters. The van der Waals surface area contributed by atoms with Gasteiger partial charge in [0.15, 0.2) is 10.2 Å². The number of para-hydroxylation sites is 1. The van der Waals surface area contributed by atoms with Crippen LogP contribution in [-0.4, -0.2) is 34.5 Å². The lowest BCUT2D eigenvalue weighted by atomic mass is 9.90. The number of hydrogen-bond donors (Lipinski definition) is 1. The Morgan fingerprint density at radius 3 is 2.75 bits per heavy atom. The standard InChI is InChI=1S/C21H19F2N5O2S2/c1-14(31-20-26-19(27-32-20)10-30-16-5-3-2-4-6-16)21(29,11-28-13-24-12-25-28)17-8-7-15(22)9-18(17)23/h2-9,12-14,29H,10-11H2,1H3. The van der Waals surface area contributed by atoms with Gasteiger partial charge in [0.25, 0.3) is 0 Å². The van der Waals surface area contributed by atoms with E-state index in [1.54, 1.807) is 6.92 Å². The summed E-state index contributed by atoms with van der Waals surface area (Å²) in [5.74, 6) is -0.351. The van der Waals surface area contributed by atoms with Gasteiger partial charge in [0.2, 0.25) is 0 Å². The molecule has 11 heteroatoms. The van der Waals surface area contributed by atoms with Gasteiger partial charge in [-0.25, -0.2) is 23.4 Å². The molecule has 0 aliphatic heterocycles. The second kappa shape index (κ2) is 9.72. The molecule has 0 aliphatic carbocycles. The largest absolute Gasteiger partial charge is 0.486 e. The molecule has 1 N–H and O–H groups in total. The van der Waals surface area contributed by atoms with Crippen LogP contribution in [0.5, 0.6) is 5.75 Å². The Labute approximate surface area is 191 Å². The molecule has 32 heavy (non-hydrogen) atoms. The molecule has 2 atom stereocenters. The van der Waals surface area contributed by atoms with Crippen molar-refractivity contribution >= 4 is 23.3 Å². The van der Waals surface area contributed by atoms with Crippen LogP contribution >= 0.6 is 23.3 Å². The summed E-state index contributed by atoms with van der Waals surface area (Å²) in [6.45, 7) is 1.86. The third kappa shape index (κ3) is 5.12. The first-order chi connectivity index (χ1) is 15.4. The quantitative estimate of drug-likeness (QED) is 0.366. The monoisotopic (exact) mass is 475 g/mol. The molecule has 0 aliphatic rings. The van der Waals surface area contributed by atoms with E-state index in [-0.39, 0.29) is 18.7 Å². The maximum Gasteiger partial charge on any atom is 0.181 e. The van der Waals surface area contributed by atoms with Crippen molar-refractivity contribution in [3.05, 3.63) is 84.2 Å². The predicted molar refractivity (Wildman–Crippen MR) is 116 cm³/mol. The molecule has 0 saturated carbocycles. The van der Waals surface area contributed by atoms with E-state index in [1.807, 2.05) is 30.3 Å². The van der Waals surface area contributed by atoms with Gasteiger partial charge >= 0.3 is 0 Å². The SMILES string of the molecule is CC(Sc1nc(COc2ccccc2)ns1)C(O)(Cn1cncn1)c1ccc(F)cc1F. The zero-order chi connectivity index (χ0) is 22.6. The number of thioether (sulfide) groups is 1. The highest BCUT2D eigenvalue weighted by Crippen LogP contribution is 2.39. The Morgan fingerprint density at radius 1 is 1.22 bits per heavy atom. The zero-order valence-electron chi connectivity index (χ0n) is 16.9. The van der Waals surface area contributed by atoms with Crippen LogP contribution in [-0.2, 0) is 18.8 Å². The number of benzene rings is 2. The van der Waals surface area contributed by atoms with Gasteiger partial charge in [-0.15, -0.1) is 0 Å². The smallest absolute Gasteiger partial charge is 0.181 e. The van der Waals surface area contributed by atoms with Gasteiger partial charge < -0.3 is 9.84 Å². The third-order valence-electron chi connectivity index (χ3n) is 4.78. The second-order valence-electron chi connectivity index (χ2n) is 6.98. The van der Waals surface area contributed by atoms with Crippen molar-refractivity contribution < 1.29 is 18.6 Å². The number of aliphatic hydroxyl groups is 1. The molecule has 4 aromatic rings. The van der Waals surface area contributed by atoms with Gasteiger partial charge in [-0.3, -0.25) is 0 Å². The number of hydrogen-bond acceptors (Lipinski definition) is 8. The zero-order valence-corrected chi connectivity index (χ0v) is 18.6. The topological polar surface area (TPSA) is 86.0 Å². The van der Waals surface area contributed by atoms with E-state index >= 15 is 0 Å². The lowest BCUT2D eigenvalue weighted by Gasteiger charge is -2.33. The summed E-state index contributed by atoms with van der Waals surface area (Å²) >= 11 is 2.40. The van der Waals surface area contributed by atoms with Gasteiger partial charge in [0.05, 0.1) is 6.54 Å². The highest BCUT2D eigenvalue weighted by molar-refractivity contribution is 8.01. The van der Waals surface area contributed by atoms with Crippen LogP contribution in [0.15, 0.2) is 65.5 Å². The molecule has 2 aromatic carbocycles. The van der Waals surface area contributed by atoms with E-state index in [9.17, 15) is 13.9 Å². The summed E-state index contributed by atoms with van der Waals surface area (Å²) in [7, 11) is 0. The summed E-state index contributed by atoms with van der Waals surface area (Å²) < 4.78 is 40.1. The summed E-state index contributed by atoms with van der Waals surface area (Å²) in [6, 6.07) is 12.4. The van der Waals surface area contributed by atoms with Gasteiger partial charge in [-0.1, -0.05) is 36.0 Å². The van der Waals surface area contributed by atoms with Crippen molar-refractivity contribution in [2.75, 3.05) is 0 Å². The molecule has 0 fully saturated rings. The Bertz CT molecular complexity index is 1160. The molecule has 0 spiro atoms. The van der Waals surface area contributed by atoms with E-state index in [0.717, 1.165) is 23.7 Å². The van der Waals surface area contributed by atoms with Gasteiger partial charge in [-0.05, 0) is 36.7 Å². The van der Waals surface area contributed by atoms with Gasteiger partial charge in [-0.2, -0.15) is 9.47 Å². The fourth-order valence-corrected chi connectivity index (χ4v) is 5.09. The van der Waals surface area contributed by atoms with Gasteiger partial charge in [0.1, 0.15) is 42.2 Å². The van der Waals surface area contributed by atoms with Crippen molar-refractivity contribution in [3.8, 4) is 5.75 Å². The van der Waals surface area contributed by atoms with Crippen molar-refractivity contribution in [2.24, 2.45) is 0 Å². The van der Waals surface area contributed by atoms with Crippen molar-refractivity contribution in [2.45, 2.75) is 35.3 Å². The molecule has 4 rings (SSSR count). The van der Waals surface area contributed by atoms with Crippen LogP contribution in [0, 0.1) is 11.6 Å². The van der Waals surface area contributed by atoms with Crippen molar-refractivity contribution in [1.82, 2.24) is 24.1 Å². The second-order valence-corrected chi connectivity index (χ2v) is 9.32. The fraction of sp³-hybridized carbons (Fsp3) is 0.238. The number of halogens is 2. The Morgan fingerprint density at radius 2 is 2.03 bits per heavy atom. The van der Waals surface area contributed by atoms with E-state index < -0.39 is 22.5 Å². The number of ether oxygens (including phenoxy) is 1. The fourth-order valence-electron chi connectivity index (χ4n) is 3.09. The Balaban J connectivity index is 1.52. The first kappa shape index (κ1) is 22.3. The Hall–Kier alpha value is -2.89. The summed E-state index contributed by atoms with van der Waals surface area (Å²) in [5, 5.41) is 15.0. The predicted octanol–water partition coefficient (Wildman–Crippen LogP) is 4.06. The number of rotatable bonds is 9. The van der Waals surface area contributed by atoms with Crippen molar-refractivity contribution in [1.29, 1.82) is 0 Å². The third-order valence-corrected chi connectivity index (χ3v) is 6.88. The van der Waals surface area contributed by atoms with E-state index in [4.69, 9.17) is 4.74 Å². The van der Waals surface area contributed by atoms with E-state index in [0.29, 0.717) is 15.9 Å². The highest BCUT2D eigenvalue weighted by atomic mass is 32.2. The summed E-state index contributed by atoms with van der Waals surface area (Å²) in [6.07, 6.45) is 2.75. The molecule has 2 aromatic heterocycles. The summed E-state index contributed by atoms with van der Waals surface area (Å²) in [5.41, 5.74) is -1.76. The molecule has 0 amide bonds.